The molecule has 3 aromatic rings. The first kappa shape index (κ1) is 13.2. The number of nitrogens with zero attached hydrogens (tertiary/aromatic N) is 3. The molecule has 0 bridgehead atoms. The number of fused-ring (bicyclic) bond motifs is 1. The van der Waals surface area contributed by atoms with Crippen LogP contribution in [0.1, 0.15) is 0 Å². The fourth-order valence-corrected chi connectivity index (χ4v) is 3.66. The van der Waals surface area contributed by atoms with Crippen LogP contribution in [0.5, 0.6) is 0 Å². The molecule has 6 heteroatoms. The van der Waals surface area contributed by atoms with Gasteiger partial charge in [0, 0.05) is 18.0 Å². The number of amides is 1. The van der Waals surface area contributed by atoms with Crippen molar-refractivity contribution in [1.82, 2.24) is 15.3 Å². The Bertz CT molecular complexity index is 831. The highest BCUT2D eigenvalue weighted by Gasteiger charge is 2.20. The van der Waals surface area contributed by atoms with Crippen LogP contribution >= 0.6 is 11.3 Å². The summed E-state index contributed by atoms with van der Waals surface area (Å²) in [6.07, 6.45) is 1.58. The van der Waals surface area contributed by atoms with Gasteiger partial charge < -0.3 is 10.2 Å². The third kappa shape index (κ3) is 2.31. The Morgan fingerprint density at radius 2 is 2.05 bits per heavy atom. The maximum atomic E-state index is 11.6. The topological polar surface area (TPSA) is 58.1 Å². The molecule has 1 aromatic carbocycles. The lowest BCUT2D eigenvalue weighted by molar-refractivity contribution is -0.120. The van der Waals surface area contributed by atoms with Crippen molar-refractivity contribution in [3.05, 3.63) is 42.7 Å². The largest absolute Gasteiger partial charge is 0.353 e. The Balaban J connectivity index is 1.80. The zero-order valence-corrected chi connectivity index (χ0v) is 12.6. The minimum atomic E-state index is 0.0384. The van der Waals surface area contributed by atoms with Gasteiger partial charge in [-0.3, -0.25) is 4.79 Å². The number of anilines is 1. The molecular weight excluding hydrogens is 296 g/mol. The molecule has 5 nitrogen and oxygen atoms in total. The highest BCUT2D eigenvalue weighted by atomic mass is 32.1. The molecular formula is C16H14N4OS. The average molecular weight is 310 g/mol. The number of carbonyl (C=O) groups is 1. The minimum Gasteiger partial charge on any atom is -0.353 e. The van der Waals surface area contributed by atoms with Gasteiger partial charge in [-0.2, -0.15) is 0 Å². The summed E-state index contributed by atoms with van der Waals surface area (Å²) < 4.78 is 0. The lowest BCUT2D eigenvalue weighted by atomic mass is 10.2. The predicted octanol–water partition coefficient (Wildman–Crippen LogP) is 2.29. The Hall–Kier alpha value is -2.47. The first-order valence-corrected chi connectivity index (χ1v) is 7.94. The van der Waals surface area contributed by atoms with Crippen LogP contribution in [0.25, 0.3) is 20.7 Å². The van der Waals surface area contributed by atoms with E-state index in [0.29, 0.717) is 13.1 Å². The van der Waals surface area contributed by atoms with E-state index in [4.69, 9.17) is 0 Å². The second kappa shape index (κ2) is 5.38. The molecule has 0 saturated carbocycles. The van der Waals surface area contributed by atoms with Gasteiger partial charge in [0.1, 0.15) is 17.0 Å². The van der Waals surface area contributed by atoms with E-state index in [0.717, 1.165) is 22.6 Å². The van der Waals surface area contributed by atoms with Crippen molar-refractivity contribution in [2.45, 2.75) is 0 Å². The van der Waals surface area contributed by atoms with Gasteiger partial charge in [0.25, 0.3) is 0 Å². The number of aromatic nitrogens is 2. The normalized spacial score (nSPS) is 15.1. The molecule has 110 valence electrons. The molecule has 1 aliphatic rings. The summed E-state index contributed by atoms with van der Waals surface area (Å²) >= 11 is 1.65. The lowest BCUT2D eigenvalue weighted by Gasteiger charge is -2.27. The predicted molar refractivity (Wildman–Crippen MR) is 88.1 cm³/mol. The van der Waals surface area contributed by atoms with Gasteiger partial charge in [-0.1, -0.05) is 30.3 Å². The standard InChI is InChI=1S/C16H14N4OS/c21-14-9-20(7-6-17-14)15-12-8-13(11-4-2-1-3-5-11)22-16(12)19-10-18-15/h1-5,8,10H,6-7,9H2,(H,17,21). The smallest absolute Gasteiger partial charge is 0.239 e. The third-order valence-electron chi connectivity index (χ3n) is 3.70. The van der Waals surface area contributed by atoms with Gasteiger partial charge in [0.15, 0.2) is 0 Å². The number of thiophene rings is 1. The molecule has 4 rings (SSSR count). The zero-order chi connectivity index (χ0) is 14.9. The van der Waals surface area contributed by atoms with Gasteiger partial charge in [-0.25, -0.2) is 9.97 Å². The molecule has 0 spiro atoms. The Labute approximate surface area is 131 Å². The van der Waals surface area contributed by atoms with Gasteiger partial charge in [0.05, 0.1) is 11.9 Å². The maximum absolute atomic E-state index is 11.6. The molecule has 0 aliphatic carbocycles. The summed E-state index contributed by atoms with van der Waals surface area (Å²) in [7, 11) is 0. The molecule has 0 atom stereocenters. The Kier molecular flexibility index (Phi) is 3.23. The van der Waals surface area contributed by atoms with Crippen LogP contribution in [0.2, 0.25) is 0 Å². The van der Waals surface area contributed by atoms with Crippen LogP contribution in [0, 0.1) is 0 Å². The van der Waals surface area contributed by atoms with Gasteiger partial charge in [0.2, 0.25) is 5.91 Å². The van der Waals surface area contributed by atoms with Crippen LogP contribution in [-0.2, 0) is 4.79 Å². The van der Waals surface area contributed by atoms with E-state index < -0.39 is 0 Å². The van der Waals surface area contributed by atoms with E-state index in [1.807, 2.05) is 23.1 Å². The van der Waals surface area contributed by atoms with Crippen LogP contribution in [0.4, 0.5) is 5.82 Å². The zero-order valence-electron chi connectivity index (χ0n) is 11.8. The van der Waals surface area contributed by atoms with Gasteiger partial charge >= 0.3 is 0 Å². The van der Waals surface area contributed by atoms with Gasteiger partial charge in [-0.05, 0) is 11.6 Å². The van der Waals surface area contributed by atoms with Crippen LogP contribution in [0.3, 0.4) is 0 Å². The van der Waals surface area contributed by atoms with Crippen molar-refractivity contribution in [3.8, 4) is 10.4 Å². The second-order valence-electron chi connectivity index (χ2n) is 5.16. The summed E-state index contributed by atoms with van der Waals surface area (Å²) in [6, 6.07) is 12.4. The van der Waals surface area contributed by atoms with E-state index in [1.165, 1.54) is 10.4 Å². The van der Waals surface area contributed by atoms with Crippen LogP contribution < -0.4 is 10.2 Å². The number of benzene rings is 1. The van der Waals surface area contributed by atoms with Crippen molar-refractivity contribution < 1.29 is 4.79 Å². The summed E-state index contributed by atoms with van der Waals surface area (Å²) in [6.45, 7) is 1.77. The summed E-state index contributed by atoms with van der Waals surface area (Å²) in [5.41, 5.74) is 1.17. The van der Waals surface area contributed by atoms with E-state index in [1.54, 1.807) is 17.7 Å². The summed E-state index contributed by atoms with van der Waals surface area (Å²) in [5, 5.41) is 3.85. The fourth-order valence-electron chi connectivity index (χ4n) is 2.66. The average Bonchev–Trinajstić information content (AvgIpc) is 3.00. The molecule has 2 aromatic heterocycles. The monoisotopic (exact) mass is 310 g/mol. The number of rotatable bonds is 2. The highest BCUT2D eigenvalue weighted by molar-refractivity contribution is 7.21. The van der Waals surface area contributed by atoms with Crippen molar-refractivity contribution >= 4 is 33.3 Å². The molecule has 0 radical (unpaired) electrons. The van der Waals surface area contributed by atoms with E-state index >= 15 is 0 Å². The first-order valence-electron chi connectivity index (χ1n) is 7.13. The Morgan fingerprint density at radius 1 is 1.18 bits per heavy atom. The first-order chi connectivity index (χ1) is 10.8. The van der Waals surface area contributed by atoms with Crippen molar-refractivity contribution in [2.75, 3.05) is 24.5 Å². The molecule has 1 fully saturated rings. The molecule has 3 heterocycles. The molecule has 22 heavy (non-hydrogen) atoms. The number of carbonyl (C=O) groups excluding carboxylic acids is 1. The molecule has 1 amide bonds. The number of hydrogen-bond acceptors (Lipinski definition) is 5. The van der Waals surface area contributed by atoms with Crippen molar-refractivity contribution in [2.24, 2.45) is 0 Å². The molecule has 0 unspecified atom stereocenters. The number of piperazine rings is 1. The summed E-state index contributed by atoms with van der Waals surface area (Å²) in [5.74, 6) is 0.884. The SMILES string of the molecule is O=C1CN(c2ncnc3sc(-c4ccccc4)cc23)CCN1. The maximum Gasteiger partial charge on any atom is 0.239 e. The second-order valence-corrected chi connectivity index (χ2v) is 6.19. The van der Waals surface area contributed by atoms with E-state index in [2.05, 4.69) is 33.5 Å². The molecule has 1 aliphatic heterocycles. The Morgan fingerprint density at radius 3 is 2.86 bits per heavy atom. The highest BCUT2D eigenvalue weighted by Crippen LogP contribution is 2.35. The molecule has 1 N–H and O–H groups in total. The fraction of sp³-hybridized carbons (Fsp3) is 0.188. The summed E-state index contributed by atoms with van der Waals surface area (Å²) in [4.78, 5) is 24.5. The minimum absolute atomic E-state index is 0.0384. The van der Waals surface area contributed by atoms with Crippen molar-refractivity contribution in [1.29, 1.82) is 0 Å². The molecule has 1 saturated heterocycles. The number of hydrogen-bond donors (Lipinski definition) is 1. The van der Waals surface area contributed by atoms with E-state index in [-0.39, 0.29) is 5.91 Å². The number of nitrogens with one attached hydrogen (secondary N) is 1. The van der Waals surface area contributed by atoms with Crippen LogP contribution in [0.15, 0.2) is 42.7 Å². The van der Waals surface area contributed by atoms with E-state index in [9.17, 15) is 4.79 Å². The van der Waals surface area contributed by atoms with Gasteiger partial charge in [-0.15, -0.1) is 11.3 Å². The third-order valence-corrected chi connectivity index (χ3v) is 4.80. The lowest BCUT2D eigenvalue weighted by Crippen LogP contribution is -2.48. The quantitative estimate of drug-likeness (QED) is 0.789. The van der Waals surface area contributed by atoms with Crippen LogP contribution in [-0.4, -0.2) is 35.5 Å². The van der Waals surface area contributed by atoms with Crippen molar-refractivity contribution in [3.63, 3.8) is 0 Å².